The molecule has 0 spiro atoms. The molecule has 0 saturated carbocycles. The number of imide groups is 1. The second-order valence-electron chi connectivity index (χ2n) is 13.0. The number of ether oxygens (including phenoxy) is 8. The van der Waals surface area contributed by atoms with Gasteiger partial charge in [0.2, 0.25) is 17.7 Å². The van der Waals surface area contributed by atoms with Crippen molar-refractivity contribution in [1.82, 2.24) is 20.9 Å². The first kappa shape index (κ1) is 49.7. The molecule has 1 aliphatic heterocycles. The van der Waals surface area contributed by atoms with E-state index in [1.807, 2.05) is 13.8 Å². The van der Waals surface area contributed by atoms with Crippen LogP contribution in [0.3, 0.4) is 0 Å². The largest absolute Gasteiger partial charge is 0.379 e. The fraction of sp³-hybridized carbons (Fsp3) is 0.784. The van der Waals surface area contributed by atoms with Crippen molar-refractivity contribution < 1.29 is 66.7 Å². The normalized spacial score (nSPS) is 13.8. The summed E-state index contributed by atoms with van der Waals surface area (Å²) in [5, 5.41) is 8.10. The van der Waals surface area contributed by atoms with Crippen molar-refractivity contribution in [3.63, 3.8) is 0 Å². The van der Waals surface area contributed by atoms with Crippen LogP contribution in [0.4, 0.5) is 0 Å². The Labute approximate surface area is 324 Å². The van der Waals surface area contributed by atoms with Crippen LogP contribution in [0.25, 0.3) is 0 Å². The van der Waals surface area contributed by atoms with Gasteiger partial charge in [-0.3, -0.25) is 33.7 Å². The van der Waals surface area contributed by atoms with Gasteiger partial charge in [0, 0.05) is 44.0 Å². The predicted molar refractivity (Wildman–Crippen MR) is 199 cm³/mol. The summed E-state index contributed by atoms with van der Waals surface area (Å²) in [6, 6.07) is -1.37. The minimum absolute atomic E-state index is 0.0415. The molecule has 0 bridgehead atoms. The molecule has 55 heavy (non-hydrogen) atoms. The first-order valence-electron chi connectivity index (χ1n) is 19.0. The van der Waals surface area contributed by atoms with E-state index in [-0.39, 0.29) is 61.3 Å². The van der Waals surface area contributed by atoms with E-state index in [9.17, 15) is 28.8 Å². The Kier molecular flexibility index (Phi) is 28.7. The summed E-state index contributed by atoms with van der Waals surface area (Å²) >= 11 is 0. The van der Waals surface area contributed by atoms with Gasteiger partial charge in [-0.05, 0) is 12.8 Å². The molecule has 0 aromatic carbocycles. The second kappa shape index (κ2) is 31.8. The van der Waals surface area contributed by atoms with Crippen molar-refractivity contribution in [2.75, 3.05) is 119 Å². The van der Waals surface area contributed by atoms with Gasteiger partial charge in [0.05, 0.1) is 112 Å². The number of Topliss-reactive ketones (excluding diaryl/α,β-unsaturated/α-hetero) is 1. The van der Waals surface area contributed by atoms with E-state index in [2.05, 4.69) is 16.0 Å². The predicted octanol–water partition coefficient (Wildman–Crippen LogP) is -0.189. The Morgan fingerprint density at radius 3 is 1.35 bits per heavy atom. The highest BCUT2D eigenvalue weighted by molar-refractivity contribution is 6.13. The first-order valence-corrected chi connectivity index (χ1v) is 19.0. The number of amides is 5. The monoisotopic (exact) mass is 788 g/mol. The molecular formula is C37H64N4O14. The zero-order valence-corrected chi connectivity index (χ0v) is 33.3. The summed E-state index contributed by atoms with van der Waals surface area (Å²) in [5.41, 5.74) is 0. The standard InChI is InChI=1S/C37H64N4O14/c1-28(2)35(37(47)39-30(5)36(46)29(3)4)40-32(43)9-12-48-14-16-50-18-20-52-22-24-54-26-27-55-25-23-53-21-19-51-17-15-49-13-10-38-31(42)8-11-41-33(44)6-7-34(41)45/h6-7,28-30,35H,8-27H2,1-5H3,(H,38,42)(H,39,47)(H,40,43). The maximum atomic E-state index is 12.6. The van der Waals surface area contributed by atoms with Crippen LogP contribution in [0, 0.1) is 11.8 Å². The van der Waals surface area contributed by atoms with Gasteiger partial charge in [-0.1, -0.05) is 27.7 Å². The topological polar surface area (TPSA) is 216 Å². The van der Waals surface area contributed by atoms with Crippen LogP contribution < -0.4 is 16.0 Å². The van der Waals surface area contributed by atoms with Crippen LogP contribution in [0.15, 0.2) is 12.2 Å². The van der Waals surface area contributed by atoms with Crippen LogP contribution in [0.5, 0.6) is 0 Å². The third-order valence-electron chi connectivity index (χ3n) is 7.73. The highest BCUT2D eigenvalue weighted by atomic mass is 16.6. The van der Waals surface area contributed by atoms with Crippen molar-refractivity contribution in [2.45, 2.75) is 59.5 Å². The van der Waals surface area contributed by atoms with Crippen molar-refractivity contribution >= 4 is 35.3 Å². The van der Waals surface area contributed by atoms with Crippen molar-refractivity contribution in [3.8, 4) is 0 Å². The molecule has 0 fully saturated rings. The molecule has 1 heterocycles. The number of nitrogens with zero attached hydrogens (tertiary/aromatic N) is 1. The molecule has 3 N–H and O–H groups in total. The van der Waals surface area contributed by atoms with Gasteiger partial charge in [-0.15, -0.1) is 0 Å². The quantitative estimate of drug-likeness (QED) is 0.0555. The molecule has 18 nitrogen and oxygen atoms in total. The number of hydrogen-bond acceptors (Lipinski definition) is 14. The fourth-order valence-electron chi connectivity index (χ4n) is 4.68. The fourth-order valence-corrected chi connectivity index (χ4v) is 4.68. The molecule has 0 radical (unpaired) electrons. The zero-order chi connectivity index (χ0) is 40.7. The zero-order valence-electron chi connectivity index (χ0n) is 33.3. The number of rotatable bonds is 36. The van der Waals surface area contributed by atoms with Crippen LogP contribution >= 0.6 is 0 Å². The molecule has 1 rings (SSSR count). The van der Waals surface area contributed by atoms with Gasteiger partial charge < -0.3 is 53.8 Å². The van der Waals surface area contributed by atoms with Gasteiger partial charge in [-0.25, -0.2) is 0 Å². The Morgan fingerprint density at radius 2 is 0.945 bits per heavy atom. The highest BCUT2D eigenvalue weighted by Crippen LogP contribution is 2.06. The Morgan fingerprint density at radius 1 is 0.545 bits per heavy atom. The van der Waals surface area contributed by atoms with E-state index in [1.165, 1.54) is 12.2 Å². The lowest BCUT2D eigenvalue weighted by molar-refractivity contribution is -0.137. The van der Waals surface area contributed by atoms with Crippen molar-refractivity contribution in [3.05, 3.63) is 12.2 Å². The molecule has 2 unspecified atom stereocenters. The summed E-state index contributed by atoms with van der Waals surface area (Å²) in [7, 11) is 0. The average Bonchev–Trinajstić information content (AvgIpc) is 3.47. The lowest BCUT2D eigenvalue weighted by atomic mass is 10.00. The Bertz CT molecular complexity index is 1130. The number of hydrogen-bond donors (Lipinski definition) is 3. The molecule has 1 aliphatic rings. The lowest BCUT2D eigenvalue weighted by Gasteiger charge is -2.24. The van der Waals surface area contributed by atoms with Crippen LogP contribution in [0.2, 0.25) is 0 Å². The highest BCUT2D eigenvalue weighted by Gasteiger charge is 2.27. The summed E-state index contributed by atoms with van der Waals surface area (Å²) < 4.78 is 43.6. The van der Waals surface area contributed by atoms with E-state index in [0.29, 0.717) is 106 Å². The van der Waals surface area contributed by atoms with E-state index in [0.717, 1.165) is 4.90 Å². The van der Waals surface area contributed by atoms with Gasteiger partial charge in [0.15, 0.2) is 5.78 Å². The van der Waals surface area contributed by atoms with E-state index in [4.69, 9.17) is 37.9 Å². The second-order valence-corrected chi connectivity index (χ2v) is 13.0. The van der Waals surface area contributed by atoms with Crippen molar-refractivity contribution in [2.24, 2.45) is 11.8 Å². The molecule has 0 aromatic rings. The SMILES string of the molecule is CC(C)C(=O)C(C)NC(=O)C(NC(=O)CCOCCOCCOCCOCCOCCOCCOCCOCCNC(=O)CCN1C(=O)C=CC1=O)C(C)C. The molecule has 0 aromatic heterocycles. The lowest BCUT2D eigenvalue weighted by Crippen LogP contribution is -2.53. The first-order chi connectivity index (χ1) is 26.4. The summed E-state index contributed by atoms with van der Waals surface area (Å²) in [4.78, 5) is 72.8. The van der Waals surface area contributed by atoms with E-state index < -0.39 is 23.9 Å². The molecule has 5 amide bonds. The molecule has 18 heteroatoms. The maximum Gasteiger partial charge on any atom is 0.253 e. The molecule has 0 aliphatic carbocycles. The maximum absolute atomic E-state index is 12.6. The van der Waals surface area contributed by atoms with Gasteiger partial charge in [0.1, 0.15) is 6.04 Å². The van der Waals surface area contributed by atoms with Crippen molar-refractivity contribution in [1.29, 1.82) is 0 Å². The number of ketones is 1. The summed E-state index contributed by atoms with van der Waals surface area (Å²) in [6.45, 7) is 15.4. The van der Waals surface area contributed by atoms with E-state index >= 15 is 0 Å². The van der Waals surface area contributed by atoms with Crippen LogP contribution in [-0.4, -0.2) is 171 Å². The summed E-state index contributed by atoms with van der Waals surface area (Å²) in [6.07, 6.45) is 2.51. The molecular weight excluding hydrogens is 724 g/mol. The van der Waals surface area contributed by atoms with Gasteiger partial charge in [0.25, 0.3) is 11.8 Å². The van der Waals surface area contributed by atoms with E-state index in [1.54, 1.807) is 20.8 Å². The Balaban J connectivity index is 1.80. The molecule has 2 atom stereocenters. The number of carbonyl (C=O) groups excluding carboxylic acids is 6. The third-order valence-corrected chi connectivity index (χ3v) is 7.73. The third kappa shape index (κ3) is 25.4. The van der Waals surface area contributed by atoms with Crippen LogP contribution in [0.1, 0.15) is 47.5 Å². The number of nitrogens with one attached hydrogen (secondary N) is 3. The minimum Gasteiger partial charge on any atom is -0.379 e. The summed E-state index contributed by atoms with van der Waals surface area (Å²) in [5.74, 6) is -2.18. The minimum atomic E-state index is -0.745. The van der Waals surface area contributed by atoms with Crippen LogP contribution in [-0.2, 0) is 66.7 Å². The van der Waals surface area contributed by atoms with Gasteiger partial charge >= 0.3 is 0 Å². The molecule has 316 valence electrons. The Hall–Kier alpha value is -3.36. The van der Waals surface area contributed by atoms with Gasteiger partial charge in [-0.2, -0.15) is 0 Å². The molecule has 0 saturated heterocycles. The average molecular weight is 789 g/mol. The smallest absolute Gasteiger partial charge is 0.253 e. The number of carbonyl (C=O) groups is 6.